The number of para-hydroxylation sites is 1. The van der Waals surface area contributed by atoms with Gasteiger partial charge in [0.15, 0.2) is 10.9 Å². The zero-order valence-corrected chi connectivity index (χ0v) is 23.1. The van der Waals surface area contributed by atoms with Crippen molar-refractivity contribution >= 4 is 29.3 Å². The van der Waals surface area contributed by atoms with E-state index in [1.807, 2.05) is 48.7 Å². The SMILES string of the molecule is Cc1ccccc1-n1c(SCC(=O)N2CCN(C(=O)c3ccc(C)c([N+](=O)[O-])c3)C(C)C2)nnc1-c1ccco1. The van der Waals surface area contributed by atoms with Gasteiger partial charge in [0.05, 0.1) is 22.6 Å². The maximum absolute atomic E-state index is 13.2. The van der Waals surface area contributed by atoms with Crippen LogP contribution in [0.5, 0.6) is 0 Å². The first kappa shape index (κ1) is 27.1. The largest absolute Gasteiger partial charge is 0.461 e. The van der Waals surface area contributed by atoms with Gasteiger partial charge in [0.2, 0.25) is 11.7 Å². The number of amides is 2. The molecule has 1 saturated heterocycles. The Balaban J connectivity index is 1.27. The van der Waals surface area contributed by atoms with Crippen molar-refractivity contribution in [3.8, 4) is 17.3 Å². The molecule has 1 atom stereocenters. The number of nitrogens with zero attached hydrogens (tertiary/aromatic N) is 6. The molecule has 4 aromatic rings. The number of aryl methyl sites for hydroxylation is 2. The summed E-state index contributed by atoms with van der Waals surface area (Å²) in [6.07, 6.45) is 1.58. The Morgan fingerprint density at radius 3 is 2.58 bits per heavy atom. The second-order valence-electron chi connectivity index (χ2n) is 9.64. The highest BCUT2D eigenvalue weighted by atomic mass is 32.2. The van der Waals surface area contributed by atoms with Crippen molar-refractivity contribution in [3.05, 3.63) is 87.7 Å². The molecule has 2 aromatic carbocycles. The van der Waals surface area contributed by atoms with E-state index in [0.717, 1.165) is 11.3 Å². The first-order valence-corrected chi connectivity index (χ1v) is 13.7. The Hall–Kier alpha value is -4.45. The Labute approximate surface area is 234 Å². The fourth-order valence-corrected chi connectivity index (χ4v) is 5.62. The van der Waals surface area contributed by atoms with Crippen LogP contribution >= 0.6 is 11.8 Å². The van der Waals surface area contributed by atoms with E-state index < -0.39 is 4.92 Å². The van der Waals surface area contributed by atoms with Gasteiger partial charge in [-0.25, -0.2) is 0 Å². The van der Waals surface area contributed by atoms with Crippen molar-refractivity contribution < 1.29 is 18.9 Å². The molecule has 11 nitrogen and oxygen atoms in total. The predicted octanol–water partition coefficient (Wildman–Crippen LogP) is 4.52. The van der Waals surface area contributed by atoms with Gasteiger partial charge in [-0.2, -0.15) is 0 Å². The lowest BCUT2D eigenvalue weighted by Gasteiger charge is -2.40. The van der Waals surface area contributed by atoms with Gasteiger partial charge >= 0.3 is 0 Å². The highest BCUT2D eigenvalue weighted by Crippen LogP contribution is 2.30. The Morgan fingerprint density at radius 2 is 1.88 bits per heavy atom. The lowest BCUT2D eigenvalue weighted by molar-refractivity contribution is -0.385. The number of aromatic nitrogens is 3. The summed E-state index contributed by atoms with van der Waals surface area (Å²) in [5.41, 5.74) is 2.60. The number of thioether (sulfide) groups is 1. The summed E-state index contributed by atoms with van der Waals surface area (Å²) in [4.78, 5) is 40.6. The fraction of sp³-hybridized carbons (Fsp3) is 0.286. The normalized spacial score (nSPS) is 15.3. The van der Waals surface area contributed by atoms with Crippen LogP contribution in [0.4, 0.5) is 5.69 Å². The molecule has 0 saturated carbocycles. The summed E-state index contributed by atoms with van der Waals surface area (Å²) in [5, 5.41) is 20.6. The van der Waals surface area contributed by atoms with Gasteiger partial charge in [0, 0.05) is 42.9 Å². The average molecular weight is 561 g/mol. The van der Waals surface area contributed by atoms with Crippen LogP contribution in [-0.2, 0) is 4.79 Å². The number of rotatable bonds is 7. The number of hydrogen-bond acceptors (Lipinski definition) is 8. The lowest BCUT2D eigenvalue weighted by atomic mass is 10.1. The minimum Gasteiger partial charge on any atom is -0.461 e. The molecule has 1 fully saturated rings. The standard InChI is InChI=1S/C28H28N6O5S/c1-18-7-4-5-8-22(18)33-26(24-9-6-14-39-24)29-30-28(33)40-17-25(35)31-12-13-32(20(3)16-31)27(36)21-11-10-19(2)23(15-21)34(37)38/h4-11,14-15,20H,12-13,16-17H2,1-3H3. The Kier molecular flexibility index (Phi) is 7.69. The van der Waals surface area contributed by atoms with E-state index in [1.165, 1.54) is 17.8 Å². The van der Waals surface area contributed by atoms with Gasteiger partial charge in [-0.15, -0.1) is 10.2 Å². The van der Waals surface area contributed by atoms with Crippen LogP contribution in [0, 0.1) is 24.0 Å². The topological polar surface area (TPSA) is 128 Å². The minimum absolute atomic E-state index is 0.0752. The van der Waals surface area contributed by atoms with E-state index >= 15 is 0 Å². The minimum atomic E-state index is -0.485. The third-order valence-electron chi connectivity index (χ3n) is 6.95. The van der Waals surface area contributed by atoms with Crippen molar-refractivity contribution in [2.24, 2.45) is 0 Å². The van der Waals surface area contributed by atoms with E-state index in [0.29, 0.717) is 41.9 Å². The summed E-state index contributed by atoms with van der Waals surface area (Å²) in [5.74, 6) is 0.906. The van der Waals surface area contributed by atoms with Crippen molar-refractivity contribution in [2.45, 2.75) is 32.0 Å². The monoisotopic (exact) mass is 560 g/mol. The van der Waals surface area contributed by atoms with Crippen LogP contribution in [0.3, 0.4) is 0 Å². The molecule has 2 amide bonds. The van der Waals surface area contributed by atoms with Gasteiger partial charge in [-0.1, -0.05) is 36.0 Å². The van der Waals surface area contributed by atoms with Crippen LogP contribution in [0.2, 0.25) is 0 Å². The first-order valence-electron chi connectivity index (χ1n) is 12.8. The van der Waals surface area contributed by atoms with Gasteiger partial charge in [-0.3, -0.25) is 24.3 Å². The third kappa shape index (κ3) is 5.34. The molecule has 1 aliphatic heterocycles. The van der Waals surface area contributed by atoms with Crippen LogP contribution in [0.25, 0.3) is 17.3 Å². The maximum atomic E-state index is 13.2. The molecule has 2 aromatic heterocycles. The average Bonchev–Trinajstić information content (AvgIpc) is 3.62. The molecule has 12 heteroatoms. The second-order valence-corrected chi connectivity index (χ2v) is 10.6. The number of nitro benzene ring substituents is 1. The molecule has 0 aliphatic carbocycles. The second kappa shape index (κ2) is 11.3. The third-order valence-corrected chi connectivity index (χ3v) is 7.86. The molecule has 1 unspecified atom stereocenters. The van der Waals surface area contributed by atoms with Crippen LogP contribution in [-0.4, -0.2) is 72.7 Å². The molecule has 5 rings (SSSR count). The van der Waals surface area contributed by atoms with E-state index in [-0.39, 0.29) is 34.9 Å². The Morgan fingerprint density at radius 1 is 1.07 bits per heavy atom. The number of furan rings is 1. The van der Waals surface area contributed by atoms with Crippen molar-refractivity contribution in [1.29, 1.82) is 0 Å². The number of carbonyl (C=O) groups is 2. The van der Waals surface area contributed by atoms with E-state index in [1.54, 1.807) is 41.2 Å². The maximum Gasteiger partial charge on any atom is 0.273 e. The molecule has 0 radical (unpaired) electrons. The van der Waals surface area contributed by atoms with Gasteiger partial charge < -0.3 is 14.2 Å². The molecular formula is C28H28N6O5S. The van der Waals surface area contributed by atoms with E-state index in [2.05, 4.69) is 10.2 Å². The number of piperazine rings is 1. The highest BCUT2D eigenvalue weighted by molar-refractivity contribution is 7.99. The van der Waals surface area contributed by atoms with E-state index in [9.17, 15) is 19.7 Å². The first-order chi connectivity index (χ1) is 19.2. The number of benzene rings is 2. The van der Waals surface area contributed by atoms with Gasteiger partial charge in [0.1, 0.15) is 0 Å². The smallest absolute Gasteiger partial charge is 0.273 e. The summed E-state index contributed by atoms with van der Waals surface area (Å²) in [7, 11) is 0. The van der Waals surface area contributed by atoms with Crippen molar-refractivity contribution in [2.75, 3.05) is 25.4 Å². The molecule has 3 heterocycles. The molecule has 0 bridgehead atoms. The summed E-state index contributed by atoms with van der Waals surface area (Å²) < 4.78 is 7.47. The van der Waals surface area contributed by atoms with Crippen molar-refractivity contribution in [1.82, 2.24) is 24.6 Å². The molecule has 0 spiro atoms. The lowest BCUT2D eigenvalue weighted by Crippen LogP contribution is -2.55. The van der Waals surface area contributed by atoms with Gasteiger partial charge in [0.25, 0.3) is 11.6 Å². The van der Waals surface area contributed by atoms with Crippen LogP contribution in [0.15, 0.2) is 70.4 Å². The van der Waals surface area contributed by atoms with E-state index in [4.69, 9.17) is 4.42 Å². The zero-order chi connectivity index (χ0) is 28.4. The number of hydrogen-bond donors (Lipinski definition) is 0. The van der Waals surface area contributed by atoms with Crippen LogP contribution < -0.4 is 0 Å². The fourth-order valence-electron chi connectivity index (χ4n) is 4.77. The summed E-state index contributed by atoms with van der Waals surface area (Å²) >= 11 is 1.29. The number of carbonyl (C=O) groups excluding carboxylic acids is 2. The molecule has 0 N–H and O–H groups in total. The quantitative estimate of drug-likeness (QED) is 0.183. The summed E-state index contributed by atoms with van der Waals surface area (Å²) in [6.45, 7) is 6.57. The summed E-state index contributed by atoms with van der Waals surface area (Å²) in [6, 6.07) is 15.7. The molecule has 40 heavy (non-hydrogen) atoms. The highest BCUT2D eigenvalue weighted by Gasteiger charge is 2.31. The Bertz CT molecular complexity index is 1570. The molecule has 1 aliphatic rings. The molecular weight excluding hydrogens is 532 g/mol. The van der Waals surface area contributed by atoms with Gasteiger partial charge in [-0.05, 0) is 50.6 Å². The van der Waals surface area contributed by atoms with Crippen LogP contribution in [0.1, 0.15) is 28.4 Å². The number of nitro groups is 1. The zero-order valence-electron chi connectivity index (χ0n) is 22.3. The predicted molar refractivity (Wildman–Crippen MR) is 149 cm³/mol. The molecule has 206 valence electrons. The van der Waals surface area contributed by atoms with Crippen molar-refractivity contribution in [3.63, 3.8) is 0 Å².